The zero-order valence-corrected chi connectivity index (χ0v) is 23.7. The van der Waals surface area contributed by atoms with Gasteiger partial charge in [-0.3, -0.25) is 0 Å². The van der Waals surface area contributed by atoms with Gasteiger partial charge in [0, 0.05) is 21.2 Å². The van der Waals surface area contributed by atoms with E-state index in [1.165, 1.54) is 27.5 Å². The van der Waals surface area contributed by atoms with Gasteiger partial charge in [0.15, 0.2) is 17.5 Å². The van der Waals surface area contributed by atoms with Crippen LogP contribution in [0.15, 0.2) is 150 Å². The van der Waals surface area contributed by atoms with Crippen LogP contribution < -0.4 is 0 Å². The highest BCUT2D eigenvalue weighted by atomic mass is 79.9. The number of hydrogen-bond acceptors (Lipinski definition) is 3. The number of fused-ring (bicyclic) bond motifs is 1. The second-order valence-electron chi connectivity index (χ2n) is 9.83. The lowest BCUT2D eigenvalue weighted by molar-refractivity contribution is 1.07. The summed E-state index contributed by atoms with van der Waals surface area (Å²) < 4.78 is 1.08. The van der Waals surface area contributed by atoms with Crippen LogP contribution in [-0.4, -0.2) is 15.0 Å². The van der Waals surface area contributed by atoms with Crippen molar-refractivity contribution in [2.24, 2.45) is 0 Å². The molecule has 4 heteroatoms. The van der Waals surface area contributed by atoms with E-state index in [1.54, 1.807) is 0 Å². The third-order valence-electron chi connectivity index (χ3n) is 7.23. The summed E-state index contributed by atoms with van der Waals surface area (Å²) in [7, 11) is 0. The highest BCUT2D eigenvalue weighted by Gasteiger charge is 2.13. The van der Waals surface area contributed by atoms with Crippen LogP contribution in [0.3, 0.4) is 0 Å². The van der Waals surface area contributed by atoms with Gasteiger partial charge in [0.2, 0.25) is 0 Å². The van der Waals surface area contributed by atoms with Crippen LogP contribution in [0.1, 0.15) is 0 Å². The maximum absolute atomic E-state index is 4.88. The highest BCUT2D eigenvalue weighted by Crippen LogP contribution is 2.36. The first-order chi connectivity index (χ1) is 20.2. The number of hydrogen-bond donors (Lipinski definition) is 0. The number of rotatable bonds is 5. The molecule has 3 nitrogen and oxygen atoms in total. The molecule has 0 aliphatic carbocycles. The summed E-state index contributed by atoms with van der Waals surface area (Å²) in [6.07, 6.45) is 0. The zero-order valence-electron chi connectivity index (χ0n) is 22.1. The molecule has 0 N–H and O–H groups in total. The molecule has 41 heavy (non-hydrogen) atoms. The molecule has 1 heterocycles. The van der Waals surface area contributed by atoms with E-state index in [2.05, 4.69) is 101 Å². The van der Waals surface area contributed by atoms with Crippen molar-refractivity contribution in [2.75, 3.05) is 0 Å². The average molecular weight is 591 g/mol. The van der Waals surface area contributed by atoms with Crippen LogP contribution in [0.5, 0.6) is 0 Å². The van der Waals surface area contributed by atoms with E-state index in [0.717, 1.165) is 26.7 Å². The lowest BCUT2D eigenvalue weighted by atomic mass is 9.92. The van der Waals surface area contributed by atoms with Gasteiger partial charge in [-0.15, -0.1) is 0 Å². The van der Waals surface area contributed by atoms with Gasteiger partial charge in [-0.2, -0.15) is 0 Å². The van der Waals surface area contributed by atoms with Crippen molar-refractivity contribution in [3.05, 3.63) is 150 Å². The molecule has 6 aromatic carbocycles. The maximum Gasteiger partial charge on any atom is 0.164 e. The fourth-order valence-corrected chi connectivity index (χ4v) is 5.43. The second-order valence-corrected chi connectivity index (χ2v) is 10.7. The van der Waals surface area contributed by atoms with E-state index in [0.29, 0.717) is 17.5 Å². The first-order valence-electron chi connectivity index (χ1n) is 13.5. The Labute approximate surface area is 247 Å². The molecule has 7 aromatic rings. The van der Waals surface area contributed by atoms with Crippen molar-refractivity contribution in [1.82, 2.24) is 15.0 Å². The summed E-state index contributed by atoms with van der Waals surface area (Å²) in [6, 6.07) is 50.2. The van der Waals surface area contributed by atoms with Gasteiger partial charge in [0.25, 0.3) is 0 Å². The Balaban J connectivity index is 1.30. The molecular formula is C37H24BrN3. The third-order valence-corrected chi connectivity index (χ3v) is 7.76. The van der Waals surface area contributed by atoms with E-state index < -0.39 is 0 Å². The van der Waals surface area contributed by atoms with Gasteiger partial charge in [0.1, 0.15) is 0 Å². The average Bonchev–Trinajstić information content (AvgIpc) is 3.05. The molecule has 194 valence electrons. The Bertz CT molecular complexity index is 1910. The van der Waals surface area contributed by atoms with Crippen LogP contribution in [0.2, 0.25) is 0 Å². The quantitative estimate of drug-likeness (QED) is 0.200. The van der Waals surface area contributed by atoms with Gasteiger partial charge >= 0.3 is 0 Å². The van der Waals surface area contributed by atoms with E-state index in [4.69, 9.17) is 15.0 Å². The minimum atomic E-state index is 0.653. The molecule has 0 unspecified atom stereocenters. The summed E-state index contributed by atoms with van der Waals surface area (Å²) in [4.78, 5) is 14.6. The molecule has 0 amide bonds. The molecule has 0 fully saturated rings. The molecular weight excluding hydrogens is 566 g/mol. The lowest BCUT2D eigenvalue weighted by Gasteiger charge is -2.13. The van der Waals surface area contributed by atoms with Crippen molar-refractivity contribution in [3.8, 4) is 56.4 Å². The largest absolute Gasteiger partial charge is 0.208 e. The predicted octanol–water partition coefficient (Wildman–Crippen LogP) is 10.1. The van der Waals surface area contributed by atoms with Gasteiger partial charge in [-0.05, 0) is 45.2 Å². The first-order valence-corrected chi connectivity index (χ1v) is 14.3. The predicted molar refractivity (Wildman–Crippen MR) is 172 cm³/mol. The van der Waals surface area contributed by atoms with Crippen molar-refractivity contribution in [2.45, 2.75) is 0 Å². The molecule has 0 radical (unpaired) electrons. The van der Waals surface area contributed by atoms with Gasteiger partial charge < -0.3 is 0 Å². The van der Waals surface area contributed by atoms with Crippen LogP contribution >= 0.6 is 15.9 Å². The van der Waals surface area contributed by atoms with E-state index in [9.17, 15) is 0 Å². The van der Waals surface area contributed by atoms with Gasteiger partial charge in [0.05, 0.1) is 0 Å². The van der Waals surface area contributed by atoms with Crippen LogP contribution in [0.25, 0.3) is 67.2 Å². The Morgan fingerprint density at radius 3 is 1.10 bits per heavy atom. The van der Waals surface area contributed by atoms with Crippen molar-refractivity contribution in [3.63, 3.8) is 0 Å². The fourth-order valence-electron chi connectivity index (χ4n) is 5.17. The topological polar surface area (TPSA) is 38.7 Å². The summed E-state index contributed by atoms with van der Waals surface area (Å²) in [6.45, 7) is 0. The Hall–Kier alpha value is -4.93. The number of halogens is 1. The van der Waals surface area contributed by atoms with Crippen LogP contribution in [-0.2, 0) is 0 Å². The molecule has 1 aromatic heterocycles. The number of aromatic nitrogens is 3. The maximum atomic E-state index is 4.88. The molecule has 0 aliphatic heterocycles. The Morgan fingerprint density at radius 1 is 0.317 bits per heavy atom. The molecule has 7 rings (SSSR count). The summed E-state index contributed by atoms with van der Waals surface area (Å²) in [5.74, 6) is 1.97. The number of benzene rings is 6. The van der Waals surface area contributed by atoms with Crippen molar-refractivity contribution in [1.29, 1.82) is 0 Å². The van der Waals surface area contributed by atoms with Gasteiger partial charge in [-0.1, -0.05) is 149 Å². The summed E-state index contributed by atoms with van der Waals surface area (Å²) in [5, 5.41) is 2.45. The summed E-state index contributed by atoms with van der Waals surface area (Å²) >= 11 is 3.55. The molecule has 0 aliphatic rings. The normalized spacial score (nSPS) is 11.0. The highest BCUT2D eigenvalue weighted by molar-refractivity contribution is 9.10. The minimum Gasteiger partial charge on any atom is -0.208 e. The molecule has 0 atom stereocenters. The van der Waals surface area contributed by atoms with Crippen molar-refractivity contribution < 1.29 is 0 Å². The SMILES string of the molecule is Brc1ccc(-c2ccc(-c3ccc(-c4nc(-c5ccccc5)nc(-c5ccccc5)n4)cc3)c3ccccc23)cc1. The molecule has 0 saturated heterocycles. The molecule has 0 saturated carbocycles. The second kappa shape index (κ2) is 10.9. The third kappa shape index (κ3) is 5.06. The smallest absolute Gasteiger partial charge is 0.164 e. The Kier molecular flexibility index (Phi) is 6.67. The first kappa shape index (κ1) is 25.1. The van der Waals surface area contributed by atoms with Crippen LogP contribution in [0, 0.1) is 0 Å². The summed E-state index contributed by atoms with van der Waals surface area (Å²) in [5.41, 5.74) is 7.63. The fraction of sp³-hybridized carbons (Fsp3) is 0. The van der Waals surface area contributed by atoms with Crippen LogP contribution in [0.4, 0.5) is 0 Å². The zero-order chi connectivity index (χ0) is 27.6. The lowest BCUT2D eigenvalue weighted by Crippen LogP contribution is -2.00. The van der Waals surface area contributed by atoms with Gasteiger partial charge in [-0.25, -0.2) is 15.0 Å². The number of nitrogens with zero attached hydrogens (tertiary/aromatic N) is 3. The monoisotopic (exact) mass is 589 g/mol. The molecule has 0 spiro atoms. The Morgan fingerprint density at radius 2 is 0.659 bits per heavy atom. The van der Waals surface area contributed by atoms with E-state index in [1.807, 2.05) is 60.7 Å². The van der Waals surface area contributed by atoms with Crippen molar-refractivity contribution >= 4 is 26.7 Å². The van der Waals surface area contributed by atoms with E-state index >= 15 is 0 Å². The molecule has 0 bridgehead atoms. The standard InChI is InChI=1S/C37H24BrN3/c38-30-21-19-26(20-22-30)32-24-23-31(33-13-7-8-14-34(32)33)25-15-17-29(18-16-25)37-40-35(27-9-3-1-4-10-27)39-36(41-37)28-11-5-2-6-12-28/h1-24H. The van der Waals surface area contributed by atoms with E-state index in [-0.39, 0.29) is 0 Å². The minimum absolute atomic E-state index is 0.653.